The van der Waals surface area contributed by atoms with E-state index < -0.39 is 18.1 Å². The summed E-state index contributed by atoms with van der Waals surface area (Å²) in [5.74, 6) is -1.65. The molecule has 0 heterocycles. The van der Waals surface area contributed by atoms with Gasteiger partial charge in [0.15, 0.2) is 6.10 Å². The Hall–Kier alpha value is -1.10. The van der Waals surface area contributed by atoms with Gasteiger partial charge in [-0.15, -0.1) is 0 Å². The molecule has 0 saturated carbocycles. The summed E-state index contributed by atoms with van der Waals surface area (Å²) in [5, 5.41) is 20.0. The molecule has 2 atom stereocenters. The van der Waals surface area contributed by atoms with Crippen LogP contribution in [-0.2, 0) is 9.59 Å². The highest BCUT2D eigenvalue weighted by molar-refractivity contribution is 5.77. The predicted octanol–water partition coefficient (Wildman–Crippen LogP) is -0.263. The van der Waals surface area contributed by atoms with Crippen LogP contribution in [0, 0.1) is 0 Å². The smallest absolute Gasteiger partial charge is 0.334 e. The second-order valence-electron chi connectivity index (χ2n) is 2.88. The Morgan fingerprint density at radius 1 is 1.46 bits per heavy atom. The molecule has 5 nitrogen and oxygen atoms in total. The quantitative estimate of drug-likeness (QED) is 0.556. The fourth-order valence-electron chi connectivity index (χ4n) is 1.05. The van der Waals surface area contributed by atoms with Crippen molar-refractivity contribution in [1.29, 1.82) is 0 Å². The van der Waals surface area contributed by atoms with Crippen molar-refractivity contribution in [2.45, 2.75) is 38.8 Å². The number of hydrogen-bond donors (Lipinski definition) is 3. The summed E-state index contributed by atoms with van der Waals surface area (Å²) in [6.45, 7) is 3.14. The Balaban J connectivity index is 4.22. The molecule has 0 aliphatic rings. The van der Waals surface area contributed by atoms with E-state index in [2.05, 4.69) is 5.32 Å². The molecule has 0 aliphatic carbocycles. The maximum absolute atomic E-state index is 10.6. The number of aliphatic hydroxyl groups excluding tert-OH is 1. The van der Waals surface area contributed by atoms with Gasteiger partial charge in [0.1, 0.15) is 0 Å². The summed E-state index contributed by atoms with van der Waals surface area (Å²) >= 11 is 0. The van der Waals surface area contributed by atoms with Crippen molar-refractivity contribution in [3.05, 3.63) is 0 Å². The first-order valence-electron chi connectivity index (χ1n) is 4.17. The largest absolute Gasteiger partial charge is 0.479 e. The van der Waals surface area contributed by atoms with Gasteiger partial charge in [0.25, 0.3) is 0 Å². The highest BCUT2D eigenvalue weighted by atomic mass is 16.4. The molecule has 0 saturated heterocycles. The molecular weight excluding hydrogens is 174 g/mol. The number of aliphatic hydroxyl groups is 1. The van der Waals surface area contributed by atoms with Gasteiger partial charge in [-0.1, -0.05) is 13.3 Å². The zero-order valence-corrected chi connectivity index (χ0v) is 7.78. The van der Waals surface area contributed by atoms with E-state index in [0.29, 0.717) is 12.8 Å². The molecule has 0 aromatic carbocycles. The average Bonchev–Trinajstić information content (AvgIpc) is 2.01. The summed E-state index contributed by atoms with van der Waals surface area (Å²) < 4.78 is 0. The zero-order chi connectivity index (χ0) is 10.4. The molecule has 13 heavy (non-hydrogen) atoms. The number of carbonyl (C=O) groups is 2. The molecule has 5 heteroatoms. The molecule has 0 rings (SSSR count). The first-order valence-corrected chi connectivity index (χ1v) is 4.17. The SMILES string of the molecule is CCCC(NC(C)=O)[C@H](O)C(=O)O. The Bertz CT molecular complexity index is 193. The lowest BCUT2D eigenvalue weighted by atomic mass is 10.1. The van der Waals surface area contributed by atoms with Crippen LogP contribution in [0.3, 0.4) is 0 Å². The number of carboxylic acids is 1. The lowest BCUT2D eigenvalue weighted by Crippen LogP contribution is -2.46. The summed E-state index contributed by atoms with van der Waals surface area (Å²) in [6.07, 6.45) is -0.369. The Morgan fingerprint density at radius 2 is 2.00 bits per heavy atom. The molecule has 1 amide bonds. The summed E-state index contributed by atoms with van der Waals surface area (Å²) in [7, 11) is 0. The van der Waals surface area contributed by atoms with Crippen molar-refractivity contribution in [1.82, 2.24) is 5.32 Å². The van der Waals surface area contributed by atoms with Crippen LogP contribution in [0.1, 0.15) is 26.7 Å². The minimum absolute atomic E-state index is 0.334. The molecule has 0 aromatic rings. The van der Waals surface area contributed by atoms with Gasteiger partial charge < -0.3 is 15.5 Å². The van der Waals surface area contributed by atoms with Gasteiger partial charge in [0, 0.05) is 6.92 Å². The van der Waals surface area contributed by atoms with Gasteiger partial charge in [-0.2, -0.15) is 0 Å². The van der Waals surface area contributed by atoms with Crippen LogP contribution in [0.2, 0.25) is 0 Å². The Kier molecular flexibility index (Phi) is 5.06. The van der Waals surface area contributed by atoms with Crippen molar-refractivity contribution >= 4 is 11.9 Å². The van der Waals surface area contributed by atoms with Crippen molar-refractivity contribution in [2.75, 3.05) is 0 Å². The van der Waals surface area contributed by atoms with Gasteiger partial charge in [-0.3, -0.25) is 4.79 Å². The van der Waals surface area contributed by atoms with Crippen LogP contribution in [0.4, 0.5) is 0 Å². The number of nitrogens with one attached hydrogen (secondary N) is 1. The van der Waals surface area contributed by atoms with Crippen molar-refractivity contribution in [3.8, 4) is 0 Å². The lowest BCUT2D eigenvalue weighted by molar-refractivity contribution is -0.148. The van der Waals surface area contributed by atoms with Crippen LogP contribution < -0.4 is 5.32 Å². The molecule has 0 aliphatic heterocycles. The minimum atomic E-state index is -1.52. The monoisotopic (exact) mass is 189 g/mol. The summed E-state index contributed by atoms with van der Waals surface area (Å²) in [5.41, 5.74) is 0. The number of carbonyl (C=O) groups excluding carboxylic acids is 1. The highest BCUT2D eigenvalue weighted by Crippen LogP contribution is 2.02. The van der Waals surface area contributed by atoms with Crippen LogP contribution >= 0.6 is 0 Å². The van der Waals surface area contributed by atoms with E-state index in [0.717, 1.165) is 0 Å². The van der Waals surface area contributed by atoms with Crippen LogP contribution in [0.15, 0.2) is 0 Å². The van der Waals surface area contributed by atoms with E-state index in [4.69, 9.17) is 10.2 Å². The number of carboxylic acid groups (broad SMARTS) is 1. The third kappa shape index (κ3) is 4.47. The first-order chi connectivity index (χ1) is 5.99. The van der Waals surface area contributed by atoms with Crippen LogP contribution in [-0.4, -0.2) is 34.2 Å². The normalized spacial score (nSPS) is 14.7. The van der Waals surface area contributed by atoms with Crippen molar-refractivity contribution in [3.63, 3.8) is 0 Å². The molecule has 0 bridgehead atoms. The third-order valence-electron chi connectivity index (χ3n) is 1.62. The van der Waals surface area contributed by atoms with E-state index in [1.807, 2.05) is 6.92 Å². The van der Waals surface area contributed by atoms with E-state index >= 15 is 0 Å². The molecule has 0 radical (unpaired) electrons. The first kappa shape index (κ1) is 11.9. The number of rotatable bonds is 5. The van der Waals surface area contributed by atoms with Gasteiger partial charge in [-0.25, -0.2) is 4.79 Å². The Morgan fingerprint density at radius 3 is 2.31 bits per heavy atom. The average molecular weight is 189 g/mol. The van der Waals surface area contributed by atoms with Gasteiger partial charge in [-0.05, 0) is 6.42 Å². The lowest BCUT2D eigenvalue weighted by Gasteiger charge is -2.19. The topological polar surface area (TPSA) is 86.6 Å². The fraction of sp³-hybridized carbons (Fsp3) is 0.750. The van der Waals surface area contributed by atoms with Crippen LogP contribution in [0.25, 0.3) is 0 Å². The second-order valence-corrected chi connectivity index (χ2v) is 2.88. The molecule has 0 fully saturated rings. The molecule has 76 valence electrons. The summed E-state index contributed by atoms with van der Waals surface area (Å²) in [6, 6.07) is -0.694. The zero-order valence-electron chi connectivity index (χ0n) is 7.78. The second kappa shape index (κ2) is 5.53. The number of amides is 1. The number of aliphatic carboxylic acids is 1. The van der Waals surface area contributed by atoms with Crippen molar-refractivity contribution in [2.24, 2.45) is 0 Å². The van der Waals surface area contributed by atoms with Gasteiger partial charge in [0.05, 0.1) is 6.04 Å². The molecule has 3 N–H and O–H groups in total. The predicted molar refractivity (Wildman–Crippen MR) is 46.2 cm³/mol. The molecule has 0 spiro atoms. The third-order valence-corrected chi connectivity index (χ3v) is 1.62. The molecule has 0 aromatic heterocycles. The minimum Gasteiger partial charge on any atom is -0.479 e. The van der Waals surface area contributed by atoms with Crippen molar-refractivity contribution < 1.29 is 19.8 Å². The van der Waals surface area contributed by atoms with E-state index in [1.54, 1.807) is 0 Å². The van der Waals surface area contributed by atoms with E-state index in [9.17, 15) is 9.59 Å². The van der Waals surface area contributed by atoms with E-state index in [-0.39, 0.29) is 5.91 Å². The van der Waals surface area contributed by atoms with Gasteiger partial charge in [0.2, 0.25) is 5.91 Å². The molecule has 1 unspecified atom stereocenters. The maximum atomic E-state index is 10.6. The fourth-order valence-corrected chi connectivity index (χ4v) is 1.05. The highest BCUT2D eigenvalue weighted by Gasteiger charge is 2.25. The standard InChI is InChI=1S/C8H15NO4/c1-3-4-6(9-5(2)10)7(11)8(12)13/h6-7,11H,3-4H2,1-2H3,(H,9,10)(H,12,13)/t6?,7-/m0/s1. The molecular formula is C8H15NO4. The maximum Gasteiger partial charge on any atom is 0.334 e. The van der Waals surface area contributed by atoms with Crippen LogP contribution in [0.5, 0.6) is 0 Å². The summed E-state index contributed by atoms with van der Waals surface area (Å²) in [4.78, 5) is 21.0. The Labute approximate surface area is 76.8 Å². The number of hydrogen-bond acceptors (Lipinski definition) is 3. The van der Waals surface area contributed by atoms with E-state index in [1.165, 1.54) is 6.92 Å². The van der Waals surface area contributed by atoms with Gasteiger partial charge >= 0.3 is 5.97 Å².